The molecule has 0 fully saturated rings. The van der Waals surface area contributed by atoms with E-state index in [1.54, 1.807) is 25.2 Å². The van der Waals surface area contributed by atoms with Gasteiger partial charge in [0.05, 0.1) is 24.4 Å². The summed E-state index contributed by atoms with van der Waals surface area (Å²) in [5, 5.41) is 14.1. The molecule has 4 nitrogen and oxygen atoms in total. The minimum absolute atomic E-state index is 0.260. The van der Waals surface area contributed by atoms with E-state index in [2.05, 4.69) is 5.32 Å². The van der Waals surface area contributed by atoms with E-state index >= 15 is 0 Å². The number of nitrogens with zero attached hydrogens (tertiary/aromatic N) is 1. The largest absolute Gasteiger partial charge is 0.490 e. The number of ether oxygens (including phenoxy) is 1. The molecule has 0 spiro atoms. The zero-order chi connectivity index (χ0) is 18.0. The molecular formula is C18H19ClF2N2O2. The first-order valence-corrected chi connectivity index (χ1v) is 8.35. The van der Waals surface area contributed by atoms with Gasteiger partial charge in [0.1, 0.15) is 24.0 Å². The molecule has 7 heteroatoms. The van der Waals surface area contributed by atoms with Gasteiger partial charge in [-0.15, -0.1) is 0 Å². The van der Waals surface area contributed by atoms with Crippen molar-refractivity contribution in [2.45, 2.75) is 12.1 Å². The molecule has 2 atom stereocenters. The monoisotopic (exact) mass is 368 g/mol. The fourth-order valence-electron chi connectivity index (χ4n) is 3.18. The quantitative estimate of drug-likeness (QED) is 0.851. The first kappa shape index (κ1) is 17.9. The van der Waals surface area contributed by atoms with E-state index in [4.69, 9.17) is 16.3 Å². The number of hydrogen-bond acceptors (Lipinski definition) is 4. The SMILES string of the molecule is CNCC(O)C(c1cc(F)cc(F)c1)N1CCOc2ccc(Cl)cc21. The molecule has 0 aromatic heterocycles. The van der Waals surface area contributed by atoms with Crippen LogP contribution in [0, 0.1) is 11.6 Å². The minimum atomic E-state index is -0.892. The Hall–Kier alpha value is -1.89. The zero-order valence-corrected chi connectivity index (χ0v) is 14.4. The second-order valence-electron chi connectivity index (χ2n) is 5.93. The lowest BCUT2D eigenvalue weighted by molar-refractivity contribution is 0.135. The number of halogens is 3. The molecule has 134 valence electrons. The summed E-state index contributed by atoms with van der Waals surface area (Å²) in [7, 11) is 1.70. The van der Waals surface area contributed by atoms with Crippen LogP contribution in [0.15, 0.2) is 36.4 Å². The van der Waals surface area contributed by atoms with Crippen molar-refractivity contribution in [3.63, 3.8) is 0 Å². The maximum Gasteiger partial charge on any atom is 0.142 e. The Morgan fingerprint density at radius 3 is 2.64 bits per heavy atom. The third-order valence-electron chi connectivity index (χ3n) is 4.16. The van der Waals surface area contributed by atoms with Crippen molar-refractivity contribution in [1.29, 1.82) is 0 Å². The molecule has 3 rings (SSSR count). The van der Waals surface area contributed by atoms with Crippen molar-refractivity contribution in [2.24, 2.45) is 0 Å². The van der Waals surface area contributed by atoms with Crippen LogP contribution in [-0.4, -0.2) is 38.0 Å². The van der Waals surface area contributed by atoms with Gasteiger partial charge in [0.15, 0.2) is 0 Å². The van der Waals surface area contributed by atoms with Crippen LogP contribution in [0.3, 0.4) is 0 Å². The molecule has 2 unspecified atom stereocenters. The zero-order valence-electron chi connectivity index (χ0n) is 13.7. The average molecular weight is 369 g/mol. The van der Waals surface area contributed by atoms with Crippen LogP contribution < -0.4 is 15.0 Å². The molecule has 0 radical (unpaired) electrons. The highest BCUT2D eigenvalue weighted by Crippen LogP contribution is 2.40. The number of anilines is 1. The maximum absolute atomic E-state index is 13.8. The molecule has 25 heavy (non-hydrogen) atoms. The number of aliphatic hydroxyl groups excluding tert-OH is 1. The van der Waals surface area contributed by atoms with Gasteiger partial charge in [-0.25, -0.2) is 8.78 Å². The average Bonchev–Trinajstić information content (AvgIpc) is 2.55. The van der Waals surface area contributed by atoms with E-state index in [9.17, 15) is 13.9 Å². The number of likely N-dealkylation sites (N-methyl/N-ethyl adjacent to an activating group) is 1. The third-order valence-corrected chi connectivity index (χ3v) is 4.40. The summed E-state index contributed by atoms with van der Waals surface area (Å²) in [4.78, 5) is 1.88. The molecule has 0 bridgehead atoms. The van der Waals surface area contributed by atoms with Gasteiger partial charge in [-0.1, -0.05) is 11.6 Å². The van der Waals surface area contributed by atoms with Crippen molar-refractivity contribution >= 4 is 17.3 Å². The van der Waals surface area contributed by atoms with Gasteiger partial charge in [-0.2, -0.15) is 0 Å². The molecule has 1 aliphatic heterocycles. The Morgan fingerprint density at radius 1 is 1.24 bits per heavy atom. The van der Waals surface area contributed by atoms with Crippen LogP contribution in [0.1, 0.15) is 11.6 Å². The van der Waals surface area contributed by atoms with E-state index in [0.29, 0.717) is 35.2 Å². The van der Waals surface area contributed by atoms with Crippen molar-refractivity contribution in [2.75, 3.05) is 31.6 Å². The lowest BCUT2D eigenvalue weighted by atomic mass is 9.97. The minimum Gasteiger partial charge on any atom is -0.490 e. The summed E-state index contributed by atoms with van der Waals surface area (Å²) in [6, 6.07) is 7.83. The third kappa shape index (κ3) is 3.86. The summed E-state index contributed by atoms with van der Waals surface area (Å²) in [6.45, 7) is 1.11. The first-order valence-electron chi connectivity index (χ1n) is 7.97. The van der Waals surface area contributed by atoms with Crippen molar-refractivity contribution in [1.82, 2.24) is 5.32 Å². The summed E-state index contributed by atoms with van der Waals surface area (Å²) in [5.74, 6) is -0.748. The Balaban J connectivity index is 2.08. The first-order chi connectivity index (χ1) is 12.0. The number of aliphatic hydroxyl groups is 1. The fraction of sp³-hybridized carbons (Fsp3) is 0.333. The van der Waals surface area contributed by atoms with E-state index in [-0.39, 0.29) is 6.54 Å². The summed E-state index contributed by atoms with van der Waals surface area (Å²) < 4.78 is 33.2. The van der Waals surface area contributed by atoms with Crippen LogP contribution in [-0.2, 0) is 0 Å². The Kier molecular flexibility index (Phi) is 5.42. The predicted octanol–water partition coefficient (Wildman–Crippen LogP) is 3.14. The van der Waals surface area contributed by atoms with Gasteiger partial charge in [0.2, 0.25) is 0 Å². The van der Waals surface area contributed by atoms with E-state index < -0.39 is 23.8 Å². The van der Waals surface area contributed by atoms with Gasteiger partial charge >= 0.3 is 0 Å². The standard InChI is InChI=1S/C18H19ClF2N2O2/c1-22-10-16(24)18(11-6-13(20)9-14(21)7-11)23-4-5-25-17-3-2-12(19)8-15(17)23/h2-3,6-9,16,18,22,24H,4-5,10H2,1H3. The lowest BCUT2D eigenvalue weighted by Crippen LogP contribution is -2.44. The molecule has 1 heterocycles. The molecule has 0 saturated heterocycles. The van der Waals surface area contributed by atoms with E-state index in [1.165, 1.54) is 12.1 Å². The topological polar surface area (TPSA) is 44.7 Å². The van der Waals surface area contributed by atoms with Gasteiger partial charge in [-0.05, 0) is 42.9 Å². The maximum atomic E-state index is 13.8. The Morgan fingerprint density at radius 2 is 1.96 bits per heavy atom. The fourth-order valence-corrected chi connectivity index (χ4v) is 3.34. The molecule has 2 N–H and O–H groups in total. The predicted molar refractivity (Wildman–Crippen MR) is 93.3 cm³/mol. The van der Waals surface area contributed by atoms with E-state index in [1.807, 2.05) is 4.90 Å². The highest BCUT2D eigenvalue weighted by atomic mass is 35.5. The number of benzene rings is 2. The number of fused-ring (bicyclic) bond motifs is 1. The molecular weight excluding hydrogens is 350 g/mol. The van der Waals surface area contributed by atoms with Crippen LogP contribution in [0.25, 0.3) is 0 Å². The van der Waals surface area contributed by atoms with Crippen LogP contribution in [0.2, 0.25) is 5.02 Å². The normalized spacial score (nSPS) is 16.1. The molecule has 1 aliphatic rings. The number of rotatable bonds is 5. The molecule has 2 aromatic carbocycles. The molecule has 0 aliphatic carbocycles. The van der Waals surface area contributed by atoms with Crippen LogP contribution in [0.5, 0.6) is 5.75 Å². The molecule has 0 saturated carbocycles. The number of nitrogens with one attached hydrogen (secondary N) is 1. The lowest BCUT2D eigenvalue weighted by Gasteiger charge is -2.40. The smallest absolute Gasteiger partial charge is 0.142 e. The van der Waals surface area contributed by atoms with E-state index in [0.717, 1.165) is 6.07 Å². The van der Waals surface area contributed by atoms with Crippen molar-refractivity contribution in [3.8, 4) is 5.75 Å². The van der Waals surface area contributed by atoms with Crippen molar-refractivity contribution < 1.29 is 18.6 Å². The number of hydrogen-bond donors (Lipinski definition) is 2. The second kappa shape index (κ2) is 7.56. The summed E-state index contributed by atoms with van der Waals surface area (Å²) >= 11 is 6.11. The summed E-state index contributed by atoms with van der Waals surface area (Å²) in [5.41, 5.74) is 1.04. The van der Waals surface area contributed by atoms with Crippen molar-refractivity contribution in [3.05, 3.63) is 58.6 Å². The Labute approximate surface area is 150 Å². The Bertz CT molecular complexity index is 740. The highest BCUT2D eigenvalue weighted by molar-refractivity contribution is 6.31. The molecule has 2 aromatic rings. The van der Waals surface area contributed by atoms with Crippen LogP contribution in [0.4, 0.5) is 14.5 Å². The summed E-state index contributed by atoms with van der Waals surface area (Å²) in [6.07, 6.45) is -0.892. The van der Waals surface area contributed by atoms with Crippen LogP contribution >= 0.6 is 11.6 Å². The second-order valence-corrected chi connectivity index (χ2v) is 6.36. The van der Waals surface area contributed by atoms with Gasteiger partial charge in [0, 0.05) is 17.6 Å². The van der Waals surface area contributed by atoms with Gasteiger partial charge < -0.3 is 20.1 Å². The van der Waals surface area contributed by atoms with Gasteiger partial charge in [0.25, 0.3) is 0 Å². The molecule has 0 amide bonds. The van der Waals surface area contributed by atoms with Gasteiger partial charge in [-0.3, -0.25) is 0 Å². The highest BCUT2D eigenvalue weighted by Gasteiger charge is 2.32.